The van der Waals surface area contributed by atoms with Gasteiger partial charge in [0.2, 0.25) is 0 Å². The molecule has 0 spiro atoms. The monoisotopic (exact) mass is 506 g/mol. The second-order valence-electron chi connectivity index (χ2n) is 9.62. The van der Waals surface area contributed by atoms with Crippen LogP contribution >= 0.6 is 11.8 Å². The van der Waals surface area contributed by atoms with E-state index in [-0.39, 0.29) is 12.0 Å². The van der Waals surface area contributed by atoms with E-state index in [9.17, 15) is 18.3 Å². The standard InChI is InChI=1S/C24H29F3N6OS/c1-14-11-17(35-2)7-8-19(14)23(34,24(25,26)27)12-29-16-5-3-15(4-6-16)20-21-18-9-10-28-22(18)30-13-33(21)32-31-20/h7-11,13-16,19,28-29,34H,3-6,12H2,1-2H3. The second-order valence-corrected chi connectivity index (χ2v) is 10.5. The first-order chi connectivity index (χ1) is 16.7. The quantitative estimate of drug-likeness (QED) is 0.453. The molecule has 2 aliphatic carbocycles. The van der Waals surface area contributed by atoms with Gasteiger partial charge in [-0.15, -0.1) is 16.9 Å². The molecule has 2 aliphatic rings. The van der Waals surface area contributed by atoms with Crippen LogP contribution < -0.4 is 5.32 Å². The van der Waals surface area contributed by atoms with Crippen LogP contribution in [0, 0.1) is 11.8 Å². The molecule has 1 fully saturated rings. The summed E-state index contributed by atoms with van der Waals surface area (Å²) in [5.74, 6) is -1.29. The number of aromatic amines is 1. The molecule has 5 rings (SSSR count). The molecule has 11 heteroatoms. The Balaban J connectivity index is 1.26. The fraction of sp³-hybridized carbons (Fsp3) is 0.542. The van der Waals surface area contributed by atoms with E-state index in [1.165, 1.54) is 17.8 Å². The molecule has 0 bridgehead atoms. The fourth-order valence-corrected chi connectivity index (χ4v) is 6.06. The number of alkyl halides is 3. The summed E-state index contributed by atoms with van der Waals surface area (Å²) in [6.45, 7) is 1.20. The lowest BCUT2D eigenvalue weighted by Crippen LogP contribution is -2.60. The van der Waals surface area contributed by atoms with E-state index in [1.54, 1.807) is 29.9 Å². The highest BCUT2D eigenvalue weighted by Gasteiger charge is 2.58. The summed E-state index contributed by atoms with van der Waals surface area (Å²) in [5, 5.41) is 23.6. The molecule has 3 unspecified atom stereocenters. The minimum absolute atomic E-state index is 0.101. The summed E-state index contributed by atoms with van der Waals surface area (Å²) in [5.41, 5.74) is -0.236. The van der Waals surface area contributed by atoms with Gasteiger partial charge >= 0.3 is 6.18 Å². The Bertz CT molecular complexity index is 1260. The van der Waals surface area contributed by atoms with Gasteiger partial charge in [-0.3, -0.25) is 0 Å². The minimum Gasteiger partial charge on any atom is -0.379 e. The lowest BCUT2D eigenvalue weighted by atomic mass is 9.75. The fourth-order valence-electron chi connectivity index (χ4n) is 5.49. The first kappa shape index (κ1) is 24.3. The summed E-state index contributed by atoms with van der Waals surface area (Å²) in [6.07, 6.45) is 8.56. The number of halogens is 3. The Kier molecular flexibility index (Phi) is 6.43. The number of H-pyrrole nitrogens is 1. The molecule has 0 saturated heterocycles. The van der Waals surface area contributed by atoms with Crippen molar-refractivity contribution < 1.29 is 18.3 Å². The number of aliphatic hydroxyl groups is 1. The van der Waals surface area contributed by atoms with Crippen LogP contribution in [0.2, 0.25) is 0 Å². The number of rotatable bonds is 6. The van der Waals surface area contributed by atoms with Crippen LogP contribution in [0.25, 0.3) is 16.6 Å². The molecular formula is C24H29F3N6OS. The molecule has 7 nitrogen and oxygen atoms in total. The highest BCUT2D eigenvalue weighted by atomic mass is 32.2. The lowest BCUT2D eigenvalue weighted by molar-refractivity contribution is -0.275. The SMILES string of the molecule is CSC1=CC(C)C(C(O)(CNC2CCC(c3nnn4cnc5[nH]ccc5c34)CC2)C(F)(F)F)C=C1. The molecule has 3 aromatic rings. The summed E-state index contributed by atoms with van der Waals surface area (Å²) in [7, 11) is 0. The number of nitrogens with zero attached hydrogens (tertiary/aromatic N) is 4. The Hall–Kier alpha value is -2.37. The maximum Gasteiger partial charge on any atom is 0.419 e. The van der Waals surface area contributed by atoms with Crippen molar-refractivity contribution in [3.8, 4) is 0 Å². The van der Waals surface area contributed by atoms with E-state index in [4.69, 9.17) is 0 Å². The van der Waals surface area contributed by atoms with E-state index in [1.807, 2.05) is 18.5 Å². The predicted octanol–water partition coefficient (Wildman–Crippen LogP) is 4.58. The van der Waals surface area contributed by atoms with Gasteiger partial charge in [0.15, 0.2) is 5.60 Å². The zero-order valence-electron chi connectivity index (χ0n) is 19.6. The van der Waals surface area contributed by atoms with Crippen molar-refractivity contribution in [2.24, 2.45) is 11.8 Å². The molecule has 0 aliphatic heterocycles. The van der Waals surface area contributed by atoms with Crippen LogP contribution in [-0.4, -0.2) is 60.5 Å². The van der Waals surface area contributed by atoms with E-state index >= 15 is 0 Å². The van der Waals surface area contributed by atoms with Crippen molar-refractivity contribution in [3.63, 3.8) is 0 Å². The second kappa shape index (κ2) is 9.25. The maximum atomic E-state index is 14.1. The number of hydrogen-bond acceptors (Lipinski definition) is 6. The van der Waals surface area contributed by atoms with Gasteiger partial charge in [-0.2, -0.15) is 13.2 Å². The summed E-state index contributed by atoms with van der Waals surface area (Å²) >= 11 is 1.49. The summed E-state index contributed by atoms with van der Waals surface area (Å²) in [6, 6.07) is 1.85. The zero-order chi connectivity index (χ0) is 24.8. The summed E-state index contributed by atoms with van der Waals surface area (Å²) in [4.78, 5) is 8.35. The van der Waals surface area contributed by atoms with Gasteiger partial charge < -0.3 is 15.4 Å². The molecule has 0 aromatic carbocycles. The third-order valence-corrected chi connectivity index (χ3v) is 8.25. The van der Waals surface area contributed by atoms with Gasteiger partial charge in [-0.1, -0.05) is 30.4 Å². The molecule has 3 aromatic heterocycles. The average Bonchev–Trinajstić information content (AvgIpc) is 3.48. The molecule has 0 amide bonds. The van der Waals surface area contributed by atoms with Crippen molar-refractivity contribution >= 4 is 28.3 Å². The van der Waals surface area contributed by atoms with Gasteiger partial charge in [-0.05, 0) is 43.9 Å². The van der Waals surface area contributed by atoms with Crippen LogP contribution in [0.5, 0.6) is 0 Å². The first-order valence-corrected chi connectivity index (χ1v) is 13.1. The zero-order valence-corrected chi connectivity index (χ0v) is 20.4. The van der Waals surface area contributed by atoms with E-state index in [2.05, 4.69) is 25.6 Å². The van der Waals surface area contributed by atoms with Crippen molar-refractivity contribution in [1.29, 1.82) is 0 Å². The first-order valence-electron chi connectivity index (χ1n) is 11.8. The topological polar surface area (TPSA) is 91.1 Å². The molecule has 35 heavy (non-hydrogen) atoms. The van der Waals surface area contributed by atoms with E-state index < -0.39 is 30.2 Å². The molecule has 188 valence electrons. The van der Waals surface area contributed by atoms with Gasteiger partial charge in [-0.25, -0.2) is 9.50 Å². The van der Waals surface area contributed by atoms with Gasteiger partial charge in [0.1, 0.15) is 17.5 Å². The molecule has 3 atom stereocenters. The number of hydrogen-bond donors (Lipinski definition) is 3. The van der Waals surface area contributed by atoms with Crippen molar-refractivity contribution in [3.05, 3.63) is 47.4 Å². The molecule has 1 saturated carbocycles. The minimum atomic E-state index is -4.75. The highest BCUT2D eigenvalue weighted by Crippen LogP contribution is 2.43. The van der Waals surface area contributed by atoms with Crippen LogP contribution in [0.3, 0.4) is 0 Å². The number of fused-ring (bicyclic) bond motifs is 3. The average molecular weight is 507 g/mol. The van der Waals surface area contributed by atoms with E-state index in [0.717, 1.165) is 40.0 Å². The number of thioether (sulfide) groups is 1. The molecular weight excluding hydrogens is 477 g/mol. The van der Waals surface area contributed by atoms with Gasteiger partial charge in [0, 0.05) is 40.9 Å². The number of nitrogens with one attached hydrogen (secondary N) is 2. The van der Waals surface area contributed by atoms with Crippen molar-refractivity contribution in [2.75, 3.05) is 12.8 Å². The van der Waals surface area contributed by atoms with Gasteiger partial charge in [0.05, 0.1) is 5.69 Å². The van der Waals surface area contributed by atoms with Crippen LogP contribution in [-0.2, 0) is 0 Å². The third-order valence-electron chi connectivity index (χ3n) is 7.51. The Morgan fingerprint density at radius 1 is 1.26 bits per heavy atom. The smallest absolute Gasteiger partial charge is 0.379 e. The van der Waals surface area contributed by atoms with Crippen LogP contribution in [0.4, 0.5) is 13.2 Å². The van der Waals surface area contributed by atoms with E-state index in [0.29, 0.717) is 12.8 Å². The number of aromatic nitrogens is 5. The normalized spacial score (nSPS) is 27.3. The molecule has 3 N–H and O–H groups in total. The van der Waals surface area contributed by atoms with Crippen molar-refractivity contribution in [2.45, 2.75) is 56.3 Å². The summed E-state index contributed by atoms with van der Waals surface area (Å²) < 4.78 is 44.0. The Morgan fingerprint density at radius 3 is 2.71 bits per heavy atom. The van der Waals surface area contributed by atoms with Gasteiger partial charge in [0.25, 0.3) is 0 Å². The van der Waals surface area contributed by atoms with Crippen molar-refractivity contribution in [1.82, 2.24) is 30.1 Å². The largest absolute Gasteiger partial charge is 0.419 e. The number of allylic oxidation sites excluding steroid dienone is 2. The Morgan fingerprint density at radius 2 is 2.03 bits per heavy atom. The molecule has 3 heterocycles. The highest BCUT2D eigenvalue weighted by molar-refractivity contribution is 8.02. The third kappa shape index (κ3) is 4.38. The maximum absolute atomic E-state index is 14.1. The molecule has 0 radical (unpaired) electrons. The van der Waals surface area contributed by atoms with Crippen LogP contribution in [0.15, 0.2) is 41.7 Å². The predicted molar refractivity (Wildman–Crippen MR) is 130 cm³/mol. The Labute approximate surface area is 205 Å². The lowest BCUT2D eigenvalue weighted by Gasteiger charge is -2.41. The van der Waals surface area contributed by atoms with Crippen LogP contribution in [0.1, 0.15) is 44.2 Å².